The second kappa shape index (κ2) is 14.5. The molecule has 0 saturated heterocycles. The first kappa shape index (κ1) is 28.4. The molecule has 0 unspecified atom stereocenters. The van der Waals surface area contributed by atoms with Gasteiger partial charge in [0, 0.05) is 28.3 Å². The Morgan fingerprint density at radius 1 is 1.16 bits per heavy atom. The highest BCUT2D eigenvalue weighted by Crippen LogP contribution is 2.32. The predicted octanol–water partition coefficient (Wildman–Crippen LogP) is 5.71. The lowest BCUT2D eigenvalue weighted by atomic mass is 9.83. The van der Waals surface area contributed by atoms with Crippen molar-refractivity contribution >= 4 is 40.0 Å². The molecule has 0 aliphatic carbocycles. The lowest BCUT2D eigenvalue weighted by molar-refractivity contribution is -0.153. The van der Waals surface area contributed by atoms with Gasteiger partial charge in [-0.3, -0.25) is 9.59 Å². The molecular weight excluding hydrogens is 512 g/mol. The van der Waals surface area contributed by atoms with Crippen molar-refractivity contribution in [2.24, 2.45) is 5.92 Å². The van der Waals surface area contributed by atoms with E-state index in [9.17, 15) is 14.7 Å². The van der Waals surface area contributed by atoms with Gasteiger partial charge in [-0.05, 0) is 18.1 Å². The van der Waals surface area contributed by atoms with Crippen LogP contribution >= 0.6 is 22.9 Å². The number of nitrogens with zero attached hydrogens (tertiary/aromatic N) is 1. The first-order chi connectivity index (χ1) is 18.0. The summed E-state index contributed by atoms with van der Waals surface area (Å²) in [4.78, 5) is 29.0. The van der Waals surface area contributed by atoms with E-state index in [1.165, 1.54) is 18.4 Å². The van der Waals surface area contributed by atoms with Gasteiger partial charge in [-0.15, -0.1) is 11.3 Å². The van der Waals surface area contributed by atoms with Crippen LogP contribution in [-0.2, 0) is 19.1 Å². The lowest BCUT2D eigenvalue weighted by Crippen LogP contribution is -2.29. The molecule has 0 aliphatic heterocycles. The second-order valence-corrected chi connectivity index (χ2v) is 9.56. The third kappa shape index (κ3) is 8.15. The molecule has 196 valence electrons. The van der Waals surface area contributed by atoms with Gasteiger partial charge in [0.05, 0.1) is 31.4 Å². The fourth-order valence-electron chi connectivity index (χ4n) is 3.85. The normalized spacial score (nSPS) is 13.6. The van der Waals surface area contributed by atoms with Crippen molar-refractivity contribution in [3.8, 4) is 11.3 Å². The summed E-state index contributed by atoms with van der Waals surface area (Å²) in [6.45, 7) is 1.48. The van der Waals surface area contributed by atoms with Gasteiger partial charge in [-0.1, -0.05) is 79.2 Å². The quantitative estimate of drug-likeness (QED) is 0.211. The molecule has 0 amide bonds. The summed E-state index contributed by atoms with van der Waals surface area (Å²) in [5.41, 5.74) is 2.52. The van der Waals surface area contributed by atoms with Crippen molar-refractivity contribution in [3.05, 3.63) is 82.7 Å². The van der Waals surface area contributed by atoms with Crippen molar-refractivity contribution in [3.63, 3.8) is 0 Å². The molecule has 7 nitrogen and oxygen atoms in total. The number of ether oxygens (including phenoxy) is 2. The number of rotatable bonds is 13. The third-order valence-electron chi connectivity index (χ3n) is 5.85. The second-order valence-electron chi connectivity index (χ2n) is 8.30. The van der Waals surface area contributed by atoms with E-state index in [2.05, 4.69) is 10.3 Å². The van der Waals surface area contributed by atoms with Crippen molar-refractivity contribution in [1.29, 1.82) is 0 Å². The van der Waals surface area contributed by atoms with E-state index in [1.54, 1.807) is 6.92 Å². The van der Waals surface area contributed by atoms with Crippen LogP contribution in [0.5, 0.6) is 0 Å². The predicted molar refractivity (Wildman–Crippen MR) is 147 cm³/mol. The van der Waals surface area contributed by atoms with Gasteiger partial charge in [0.25, 0.3) is 0 Å². The van der Waals surface area contributed by atoms with Crippen molar-refractivity contribution < 1.29 is 24.2 Å². The number of nitrogens with one attached hydrogen (secondary N) is 1. The summed E-state index contributed by atoms with van der Waals surface area (Å²) in [7, 11) is 1.32. The molecule has 0 fully saturated rings. The molecule has 0 spiro atoms. The smallest absolute Gasteiger partial charge is 0.312 e. The van der Waals surface area contributed by atoms with Crippen LogP contribution < -0.4 is 5.32 Å². The van der Waals surface area contributed by atoms with E-state index in [4.69, 9.17) is 21.1 Å². The lowest BCUT2D eigenvalue weighted by Gasteiger charge is -2.25. The molecule has 3 atom stereocenters. The van der Waals surface area contributed by atoms with Crippen molar-refractivity contribution in [2.45, 2.75) is 31.7 Å². The number of benzene rings is 2. The number of anilines is 1. The van der Waals surface area contributed by atoms with Crippen LogP contribution in [0.3, 0.4) is 0 Å². The minimum atomic E-state index is -0.676. The molecule has 1 heterocycles. The standard InChI is InChI=1S/C28H31ClN2O5S/c1-3-26(33)36-17-23(27(34)35-2)21(19-10-5-4-6-11-19)14-9-12-20(16-32)30-28-31-25(18-37-28)22-13-7-8-15-24(22)29/h4-13,15,18,20-21,23,32H,3,14,16-17H2,1-2H3,(H,30,31)/b12-9+/t20-,21+,23-/m0/s1. The molecule has 1 aromatic heterocycles. The van der Waals surface area contributed by atoms with Gasteiger partial charge in [-0.25, -0.2) is 4.98 Å². The molecule has 2 N–H and O–H groups in total. The number of carbonyl (C=O) groups is 2. The largest absolute Gasteiger partial charge is 0.469 e. The molecule has 0 aliphatic rings. The van der Waals surface area contributed by atoms with Gasteiger partial charge in [0.15, 0.2) is 5.13 Å². The average molecular weight is 543 g/mol. The van der Waals surface area contributed by atoms with Crippen LogP contribution in [0.15, 0.2) is 72.1 Å². The van der Waals surface area contributed by atoms with E-state index in [0.717, 1.165) is 16.8 Å². The molecule has 37 heavy (non-hydrogen) atoms. The van der Waals surface area contributed by atoms with E-state index in [-0.39, 0.29) is 31.5 Å². The number of thiazole rings is 1. The van der Waals surface area contributed by atoms with Crippen LogP contribution in [0.25, 0.3) is 11.3 Å². The Hall–Kier alpha value is -3.20. The summed E-state index contributed by atoms with van der Waals surface area (Å²) in [5, 5.41) is 16.4. The summed E-state index contributed by atoms with van der Waals surface area (Å²) in [6.07, 6.45) is 4.45. The zero-order valence-electron chi connectivity index (χ0n) is 20.8. The Morgan fingerprint density at radius 3 is 2.57 bits per heavy atom. The van der Waals surface area contributed by atoms with Gasteiger partial charge < -0.3 is 19.9 Å². The monoisotopic (exact) mass is 542 g/mol. The summed E-state index contributed by atoms with van der Waals surface area (Å²) < 4.78 is 10.4. The SMILES string of the molecule is CCC(=O)OC[C@H](C(=O)OC)[C@H](C/C=C/[C@@H](CO)Nc1nc(-c2ccccc2Cl)cs1)c1ccccc1. The highest BCUT2D eigenvalue weighted by molar-refractivity contribution is 7.14. The Kier molecular flexibility index (Phi) is 11.1. The molecule has 2 aromatic carbocycles. The maximum Gasteiger partial charge on any atom is 0.312 e. The highest BCUT2D eigenvalue weighted by Gasteiger charge is 2.31. The topological polar surface area (TPSA) is 97.8 Å². The summed E-state index contributed by atoms with van der Waals surface area (Å²) in [5.74, 6) is -1.79. The molecule has 0 radical (unpaired) electrons. The summed E-state index contributed by atoms with van der Waals surface area (Å²) in [6, 6.07) is 16.7. The molecule has 3 rings (SSSR count). The number of hydrogen-bond acceptors (Lipinski definition) is 8. The van der Waals surface area contributed by atoms with E-state index >= 15 is 0 Å². The van der Waals surface area contributed by atoms with E-state index in [0.29, 0.717) is 16.6 Å². The highest BCUT2D eigenvalue weighted by atomic mass is 35.5. The van der Waals surface area contributed by atoms with E-state index < -0.39 is 17.9 Å². The fraction of sp³-hybridized carbons (Fsp3) is 0.321. The molecule has 0 saturated carbocycles. The fourth-order valence-corrected chi connectivity index (χ4v) is 4.86. The molecule has 9 heteroatoms. The van der Waals surface area contributed by atoms with Crippen LogP contribution in [-0.4, -0.2) is 48.4 Å². The van der Waals surface area contributed by atoms with Crippen molar-refractivity contribution in [1.82, 2.24) is 4.98 Å². The zero-order valence-corrected chi connectivity index (χ0v) is 22.4. The van der Waals surface area contributed by atoms with E-state index in [1.807, 2.05) is 72.1 Å². The number of allylic oxidation sites excluding steroid dienone is 1. The number of hydrogen-bond donors (Lipinski definition) is 2. The third-order valence-corrected chi connectivity index (χ3v) is 6.95. The Balaban J connectivity index is 1.74. The maximum atomic E-state index is 12.7. The van der Waals surface area contributed by atoms with Gasteiger partial charge >= 0.3 is 11.9 Å². The number of methoxy groups -OCH3 is 1. The zero-order chi connectivity index (χ0) is 26.6. The van der Waals surface area contributed by atoms with Gasteiger partial charge in [0.1, 0.15) is 6.61 Å². The molecule has 0 bridgehead atoms. The van der Waals surface area contributed by atoms with Crippen LogP contribution in [0.1, 0.15) is 31.2 Å². The number of aliphatic hydroxyl groups excluding tert-OH is 1. The summed E-state index contributed by atoms with van der Waals surface area (Å²) >= 11 is 7.71. The van der Waals surface area contributed by atoms with Crippen LogP contribution in [0.4, 0.5) is 5.13 Å². The Labute approximate surface area is 226 Å². The van der Waals surface area contributed by atoms with Gasteiger partial charge in [-0.2, -0.15) is 0 Å². The first-order valence-corrected chi connectivity index (χ1v) is 13.2. The average Bonchev–Trinajstić information content (AvgIpc) is 3.39. The van der Waals surface area contributed by atoms with Gasteiger partial charge in [0.2, 0.25) is 0 Å². The minimum absolute atomic E-state index is 0.0711. The van der Waals surface area contributed by atoms with Crippen molar-refractivity contribution in [2.75, 3.05) is 25.6 Å². The van der Waals surface area contributed by atoms with Crippen LogP contribution in [0.2, 0.25) is 5.02 Å². The maximum absolute atomic E-state index is 12.7. The first-order valence-electron chi connectivity index (χ1n) is 12.0. The Bertz CT molecular complexity index is 1180. The number of esters is 2. The van der Waals surface area contributed by atoms with Crippen LogP contribution in [0, 0.1) is 5.92 Å². The molecular formula is C28H31ClN2O5S. The number of carbonyl (C=O) groups excluding carboxylic acids is 2. The number of aromatic nitrogens is 1. The number of halogens is 1. The Morgan fingerprint density at radius 2 is 1.89 bits per heavy atom. The number of aliphatic hydroxyl groups is 1. The molecule has 3 aromatic rings. The minimum Gasteiger partial charge on any atom is -0.469 e.